The Kier molecular flexibility index (Phi) is 3.80. The molecule has 2 heterocycles. The Bertz CT molecular complexity index is 294. The number of hydrogen-bond donors (Lipinski definition) is 1. The van der Waals surface area contributed by atoms with Gasteiger partial charge in [-0.25, -0.2) is 12.7 Å². The van der Waals surface area contributed by atoms with Crippen molar-refractivity contribution in [2.24, 2.45) is 5.92 Å². The molecule has 0 aromatic carbocycles. The van der Waals surface area contributed by atoms with Crippen molar-refractivity contribution in [3.8, 4) is 0 Å². The number of hydrogen-bond acceptors (Lipinski definition) is 3. The first-order valence-corrected chi connectivity index (χ1v) is 6.61. The topological polar surface area (TPSA) is 49.4 Å². The lowest BCUT2D eigenvalue weighted by Crippen LogP contribution is -2.46. The lowest BCUT2D eigenvalue weighted by Gasteiger charge is -2.32. The Morgan fingerprint density at radius 3 is 2.71 bits per heavy atom. The first-order chi connectivity index (χ1) is 6.07. The standard InChI is InChI=1S/C8H16N2O2S.ClH/c1-13(11,12)10-5-3-8-7(6-10)2-4-9-8;/h7-9H,2-6H2,1H3;1H. The molecule has 2 aliphatic rings. The van der Waals surface area contributed by atoms with E-state index in [4.69, 9.17) is 0 Å². The summed E-state index contributed by atoms with van der Waals surface area (Å²) in [6, 6.07) is 0.568. The fourth-order valence-corrected chi connectivity index (χ4v) is 3.21. The number of halogens is 1. The quantitative estimate of drug-likeness (QED) is 0.705. The Morgan fingerprint density at radius 2 is 2.07 bits per heavy atom. The van der Waals surface area contributed by atoms with Crippen LogP contribution in [-0.4, -0.2) is 44.7 Å². The molecular formula is C8H17ClN2O2S. The second-order valence-corrected chi connectivity index (χ2v) is 6.00. The Morgan fingerprint density at radius 1 is 1.36 bits per heavy atom. The minimum absolute atomic E-state index is 0. The highest BCUT2D eigenvalue weighted by Crippen LogP contribution is 2.25. The average molecular weight is 241 g/mol. The van der Waals surface area contributed by atoms with Crippen molar-refractivity contribution in [2.75, 3.05) is 25.9 Å². The van der Waals surface area contributed by atoms with Crippen LogP contribution < -0.4 is 5.32 Å². The molecule has 14 heavy (non-hydrogen) atoms. The molecular weight excluding hydrogens is 224 g/mol. The van der Waals surface area contributed by atoms with Crippen LogP contribution in [0.25, 0.3) is 0 Å². The molecule has 0 bridgehead atoms. The van der Waals surface area contributed by atoms with Gasteiger partial charge in [0.2, 0.25) is 10.0 Å². The Hall–Kier alpha value is 0.160. The van der Waals surface area contributed by atoms with Gasteiger partial charge in [0.1, 0.15) is 0 Å². The summed E-state index contributed by atoms with van der Waals surface area (Å²) < 4.78 is 24.2. The molecule has 6 heteroatoms. The van der Waals surface area contributed by atoms with E-state index in [-0.39, 0.29) is 12.4 Å². The zero-order chi connectivity index (χ0) is 9.47. The van der Waals surface area contributed by atoms with Gasteiger partial charge < -0.3 is 5.32 Å². The van der Waals surface area contributed by atoms with Gasteiger partial charge in [0.05, 0.1) is 6.26 Å². The summed E-state index contributed by atoms with van der Waals surface area (Å²) in [5, 5.41) is 3.41. The number of rotatable bonds is 1. The van der Waals surface area contributed by atoms with Crippen LogP contribution in [0, 0.1) is 5.92 Å². The largest absolute Gasteiger partial charge is 0.314 e. The van der Waals surface area contributed by atoms with Gasteiger partial charge in [-0.3, -0.25) is 0 Å². The molecule has 0 aliphatic carbocycles. The Balaban J connectivity index is 0.000000980. The second kappa shape index (κ2) is 4.35. The molecule has 0 aromatic rings. The van der Waals surface area contributed by atoms with Crippen molar-refractivity contribution in [2.45, 2.75) is 18.9 Å². The van der Waals surface area contributed by atoms with Crippen LogP contribution in [0.1, 0.15) is 12.8 Å². The lowest BCUT2D eigenvalue weighted by molar-refractivity contribution is 0.248. The van der Waals surface area contributed by atoms with Gasteiger partial charge in [0, 0.05) is 19.1 Å². The maximum atomic E-state index is 11.3. The van der Waals surface area contributed by atoms with Gasteiger partial charge in [-0.05, 0) is 25.3 Å². The third-order valence-electron chi connectivity index (χ3n) is 3.09. The van der Waals surface area contributed by atoms with E-state index in [1.54, 1.807) is 4.31 Å². The summed E-state index contributed by atoms with van der Waals surface area (Å²) in [5.41, 5.74) is 0. The molecule has 0 radical (unpaired) electrons. The van der Waals surface area contributed by atoms with E-state index >= 15 is 0 Å². The van der Waals surface area contributed by atoms with Crippen molar-refractivity contribution in [3.05, 3.63) is 0 Å². The number of fused-ring (bicyclic) bond motifs is 1. The second-order valence-electron chi connectivity index (χ2n) is 4.02. The molecule has 2 aliphatic heterocycles. The average Bonchev–Trinajstić information content (AvgIpc) is 2.47. The van der Waals surface area contributed by atoms with Gasteiger partial charge in [-0.1, -0.05) is 0 Å². The van der Waals surface area contributed by atoms with E-state index in [1.165, 1.54) is 6.26 Å². The van der Waals surface area contributed by atoms with Crippen LogP contribution in [0.15, 0.2) is 0 Å². The zero-order valence-corrected chi connectivity index (χ0v) is 9.90. The first kappa shape index (κ1) is 12.2. The molecule has 2 rings (SSSR count). The zero-order valence-electron chi connectivity index (χ0n) is 8.27. The van der Waals surface area contributed by atoms with E-state index in [1.807, 2.05) is 0 Å². The van der Waals surface area contributed by atoms with E-state index in [0.29, 0.717) is 18.5 Å². The number of piperidine rings is 1. The molecule has 0 spiro atoms. The molecule has 0 amide bonds. The van der Waals surface area contributed by atoms with Crippen LogP contribution in [-0.2, 0) is 10.0 Å². The minimum atomic E-state index is -2.96. The molecule has 2 unspecified atom stereocenters. The normalized spacial score (nSPS) is 33.5. The predicted molar refractivity (Wildman–Crippen MR) is 58.2 cm³/mol. The highest BCUT2D eigenvalue weighted by molar-refractivity contribution is 7.88. The van der Waals surface area contributed by atoms with Crippen LogP contribution in [0.5, 0.6) is 0 Å². The highest BCUT2D eigenvalue weighted by atomic mass is 35.5. The molecule has 1 N–H and O–H groups in total. The van der Waals surface area contributed by atoms with Crippen molar-refractivity contribution in [1.82, 2.24) is 9.62 Å². The van der Waals surface area contributed by atoms with Gasteiger partial charge in [0.15, 0.2) is 0 Å². The lowest BCUT2D eigenvalue weighted by atomic mass is 9.95. The fourth-order valence-electron chi connectivity index (χ4n) is 2.32. The number of nitrogens with one attached hydrogen (secondary N) is 1. The van der Waals surface area contributed by atoms with Crippen LogP contribution in [0.4, 0.5) is 0 Å². The van der Waals surface area contributed by atoms with Crippen LogP contribution in [0.3, 0.4) is 0 Å². The Labute approximate surface area is 91.5 Å². The van der Waals surface area contributed by atoms with Gasteiger partial charge >= 0.3 is 0 Å². The van der Waals surface area contributed by atoms with Gasteiger partial charge in [0.25, 0.3) is 0 Å². The van der Waals surface area contributed by atoms with Gasteiger partial charge in [-0.2, -0.15) is 0 Å². The molecule has 0 aromatic heterocycles. The summed E-state index contributed by atoms with van der Waals surface area (Å²) in [7, 11) is -2.96. The summed E-state index contributed by atoms with van der Waals surface area (Å²) in [6.07, 6.45) is 3.39. The first-order valence-electron chi connectivity index (χ1n) is 4.76. The van der Waals surface area contributed by atoms with E-state index in [2.05, 4.69) is 5.32 Å². The third-order valence-corrected chi connectivity index (χ3v) is 4.36. The molecule has 4 nitrogen and oxygen atoms in total. The number of sulfonamides is 1. The summed E-state index contributed by atoms with van der Waals surface area (Å²) in [4.78, 5) is 0. The fraction of sp³-hybridized carbons (Fsp3) is 1.00. The third kappa shape index (κ3) is 2.39. The maximum absolute atomic E-state index is 11.3. The smallest absolute Gasteiger partial charge is 0.211 e. The van der Waals surface area contributed by atoms with E-state index < -0.39 is 10.0 Å². The van der Waals surface area contributed by atoms with Crippen molar-refractivity contribution in [3.63, 3.8) is 0 Å². The summed E-state index contributed by atoms with van der Waals surface area (Å²) in [6.45, 7) is 2.45. The van der Waals surface area contributed by atoms with Crippen molar-refractivity contribution < 1.29 is 8.42 Å². The minimum Gasteiger partial charge on any atom is -0.314 e. The molecule has 84 valence electrons. The maximum Gasteiger partial charge on any atom is 0.211 e. The summed E-state index contributed by atoms with van der Waals surface area (Å²) >= 11 is 0. The monoisotopic (exact) mass is 240 g/mol. The summed E-state index contributed by atoms with van der Waals surface area (Å²) in [5.74, 6) is 0.545. The molecule has 2 saturated heterocycles. The van der Waals surface area contributed by atoms with Gasteiger partial charge in [-0.15, -0.1) is 12.4 Å². The van der Waals surface area contributed by atoms with E-state index in [0.717, 1.165) is 25.9 Å². The predicted octanol–water partition coefficient (Wildman–Crippen LogP) is 0.0516. The van der Waals surface area contributed by atoms with Crippen molar-refractivity contribution in [1.29, 1.82) is 0 Å². The van der Waals surface area contributed by atoms with E-state index in [9.17, 15) is 8.42 Å². The van der Waals surface area contributed by atoms with Crippen LogP contribution >= 0.6 is 12.4 Å². The molecule has 2 fully saturated rings. The number of nitrogens with zero attached hydrogens (tertiary/aromatic N) is 1. The highest BCUT2D eigenvalue weighted by Gasteiger charge is 2.35. The van der Waals surface area contributed by atoms with Crippen LogP contribution in [0.2, 0.25) is 0 Å². The SMILES string of the molecule is CS(=O)(=O)N1CCC2NCCC2C1.Cl. The van der Waals surface area contributed by atoms with Crippen molar-refractivity contribution >= 4 is 22.4 Å². The molecule has 0 saturated carbocycles. The molecule has 2 atom stereocenters.